The molecule has 4 heteroatoms. The molecule has 0 amide bonds. The van der Waals surface area contributed by atoms with E-state index in [9.17, 15) is 4.39 Å². The summed E-state index contributed by atoms with van der Waals surface area (Å²) >= 11 is 1.59. The number of aromatic nitrogens is 1. The van der Waals surface area contributed by atoms with Gasteiger partial charge in [0.25, 0.3) is 0 Å². The number of benzene rings is 1. The van der Waals surface area contributed by atoms with E-state index in [0.717, 1.165) is 21.3 Å². The average molecular weight is 248 g/mol. The number of thiazole rings is 1. The molecule has 0 aliphatic carbocycles. The van der Waals surface area contributed by atoms with Crippen molar-refractivity contribution < 1.29 is 4.39 Å². The molecule has 88 valence electrons. The molecule has 0 saturated carbocycles. The van der Waals surface area contributed by atoms with E-state index in [1.807, 2.05) is 6.92 Å². The molecule has 0 saturated heterocycles. The quantitative estimate of drug-likeness (QED) is 0.831. The number of anilines is 1. The highest BCUT2D eigenvalue weighted by Gasteiger charge is 2.09. The van der Waals surface area contributed by atoms with E-state index in [2.05, 4.69) is 16.9 Å². The molecule has 0 aliphatic heterocycles. The third-order valence-corrected chi connectivity index (χ3v) is 3.24. The highest BCUT2D eigenvalue weighted by molar-refractivity contribution is 7.16. The van der Waals surface area contributed by atoms with Crippen LogP contribution in [-0.2, 0) is 0 Å². The second-order valence-corrected chi connectivity index (χ2v) is 4.80. The molecule has 0 spiro atoms. The fourth-order valence-electron chi connectivity index (χ4n) is 1.51. The smallest absolute Gasteiger partial charge is 0.183 e. The van der Waals surface area contributed by atoms with Crippen molar-refractivity contribution in [2.45, 2.75) is 6.92 Å². The number of nitrogens with one attached hydrogen (secondary N) is 1. The fourth-order valence-corrected chi connectivity index (χ4v) is 2.35. The molecule has 0 aliphatic rings. The van der Waals surface area contributed by atoms with Gasteiger partial charge in [0.15, 0.2) is 5.13 Å². The Balaban J connectivity index is 2.29. The van der Waals surface area contributed by atoms with Crippen LogP contribution in [-0.4, -0.2) is 11.5 Å². The molecule has 2 rings (SSSR count). The van der Waals surface area contributed by atoms with Crippen LogP contribution in [0.4, 0.5) is 9.52 Å². The maximum absolute atomic E-state index is 12.8. The third kappa shape index (κ3) is 2.71. The van der Waals surface area contributed by atoms with Gasteiger partial charge < -0.3 is 5.32 Å². The van der Waals surface area contributed by atoms with Crippen LogP contribution >= 0.6 is 11.3 Å². The summed E-state index contributed by atoms with van der Waals surface area (Å²) < 4.78 is 12.8. The molecule has 0 unspecified atom stereocenters. The monoisotopic (exact) mass is 248 g/mol. The van der Waals surface area contributed by atoms with Gasteiger partial charge in [-0.05, 0) is 31.2 Å². The van der Waals surface area contributed by atoms with Crippen molar-refractivity contribution in [3.05, 3.63) is 47.6 Å². The number of nitrogens with zero attached hydrogens (tertiary/aromatic N) is 1. The lowest BCUT2D eigenvalue weighted by atomic mass is 10.1. The Morgan fingerprint density at radius 3 is 2.76 bits per heavy atom. The molecule has 1 aromatic heterocycles. The summed E-state index contributed by atoms with van der Waals surface area (Å²) in [6, 6.07) is 6.39. The summed E-state index contributed by atoms with van der Waals surface area (Å²) in [5.41, 5.74) is 1.84. The molecule has 0 bridgehead atoms. The van der Waals surface area contributed by atoms with Crippen molar-refractivity contribution in [1.82, 2.24) is 4.98 Å². The molecule has 0 atom stereocenters. The van der Waals surface area contributed by atoms with E-state index >= 15 is 0 Å². The zero-order valence-electron chi connectivity index (χ0n) is 9.53. The standard InChI is InChI=1S/C13H13FN2S/c1-3-8-15-13-16-12(9(2)17-13)10-4-6-11(14)7-5-10/h3-7H,1,8H2,2H3,(H,15,16). The van der Waals surface area contributed by atoms with Gasteiger partial charge in [0.05, 0.1) is 5.69 Å². The summed E-state index contributed by atoms with van der Waals surface area (Å²) in [6.45, 7) is 6.35. The summed E-state index contributed by atoms with van der Waals surface area (Å²) in [5, 5.41) is 4.01. The third-order valence-electron chi connectivity index (χ3n) is 2.31. The fraction of sp³-hybridized carbons (Fsp3) is 0.154. The number of halogens is 1. The van der Waals surface area contributed by atoms with E-state index in [1.165, 1.54) is 12.1 Å². The second-order valence-electron chi connectivity index (χ2n) is 3.60. The molecular formula is C13H13FN2S. The van der Waals surface area contributed by atoms with Crippen molar-refractivity contribution in [3.63, 3.8) is 0 Å². The maximum atomic E-state index is 12.8. The van der Waals surface area contributed by atoms with E-state index in [1.54, 1.807) is 29.5 Å². The van der Waals surface area contributed by atoms with Crippen molar-refractivity contribution in [3.8, 4) is 11.3 Å². The average Bonchev–Trinajstić information content (AvgIpc) is 2.69. The highest BCUT2D eigenvalue weighted by Crippen LogP contribution is 2.30. The number of rotatable bonds is 4. The van der Waals surface area contributed by atoms with Gasteiger partial charge in [-0.1, -0.05) is 6.08 Å². The number of hydrogen-bond donors (Lipinski definition) is 1. The van der Waals surface area contributed by atoms with E-state index in [4.69, 9.17) is 0 Å². The maximum Gasteiger partial charge on any atom is 0.183 e. The minimum atomic E-state index is -0.230. The summed E-state index contributed by atoms with van der Waals surface area (Å²) in [6.07, 6.45) is 1.79. The van der Waals surface area contributed by atoms with E-state index < -0.39 is 0 Å². The molecule has 17 heavy (non-hydrogen) atoms. The van der Waals surface area contributed by atoms with Gasteiger partial charge in [-0.25, -0.2) is 9.37 Å². The van der Waals surface area contributed by atoms with Gasteiger partial charge in [0.2, 0.25) is 0 Å². The minimum Gasteiger partial charge on any atom is -0.358 e. The lowest BCUT2D eigenvalue weighted by Crippen LogP contribution is -1.96. The highest BCUT2D eigenvalue weighted by atomic mass is 32.1. The lowest BCUT2D eigenvalue weighted by Gasteiger charge is -1.98. The first-order valence-corrected chi connectivity index (χ1v) is 6.10. The van der Waals surface area contributed by atoms with Crippen molar-refractivity contribution in [2.24, 2.45) is 0 Å². The molecule has 1 heterocycles. The number of hydrogen-bond acceptors (Lipinski definition) is 3. The minimum absolute atomic E-state index is 0.230. The predicted octanol–water partition coefficient (Wildman–Crippen LogP) is 3.86. The van der Waals surface area contributed by atoms with Gasteiger partial charge in [-0.2, -0.15) is 0 Å². The van der Waals surface area contributed by atoms with Gasteiger partial charge in [0, 0.05) is 17.0 Å². The van der Waals surface area contributed by atoms with E-state index in [-0.39, 0.29) is 5.82 Å². The van der Waals surface area contributed by atoms with Crippen molar-refractivity contribution in [2.75, 3.05) is 11.9 Å². The van der Waals surface area contributed by atoms with Gasteiger partial charge in [-0.15, -0.1) is 17.9 Å². The Morgan fingerprint density at radius 2 is 2.12 bits per heavy atom. The summed E-state index contributed by atoms with van der Waals surface area (Å²) in [4.78, 5) is 5.60. The molecule has 0 fully saturated rings. The zero-order chi connectivity index (χ0) is 12.3. The zero-order valence-corrected chi connectivity index (χ0v) is 10.4. The molecule has 1 aromatic carbocycles. The molecule has 1 N–H and O–H groups in total. The Bertz CT molecular complexity index is 517. The van der Waals surface area contributed by atoms with Gasteiger partial charge >= 0.3 is 0 Å². The van der Waals surface area contributed by atoms with Crippen LogP contribution in [0.25, 0.3) is 11.3 Å². The molecule has 2 nitrogen and oxygen atoms in total. The van der Waals surface area contributed by atoms with Crippen LogP contribution in [0.2, 0.25) is 0 Å². The normalized spacial score (nSPS) is 10.2. The topological polar surface area (TPSA) is 24.9 Å². The summed E-state index contributed by atoms with van der Waals surface area (Å²) in [5.74, 6) is -0.230. The second kappa shape index (κ2) is 5.10. The Morgan fingerprint density at radius 1 is 1.41 bits per heavy atom. The van der Waals surface area contributed by atoms with Gasteiger partial charge in [-0.3, -0.25) is 0 Å². The lowest BCUT2D eigenvalue weighted by molar-refractivity contribution is 0.628. The van der Waals surface area contributed by atoms with Gasteiger partial charge in [0.1, 0.15) is 5.82 Å². The Kier molecular flexibility index (Phi) is 3.54. The van der Waals surface area contributed by atoms with Crippen molar-refractivity contribution in [1.29, 1.82) is 0 Å². The van der Waals surface area contributed by atoms with Crippen LogP contribution in [0.1, 0.15) is 4.88 Å². The molecule has 2 aromatic rings. The number of aryl methyl sites for hydroxylation is 1. The molecular weight excluding hydrogens is 235 g/mol. The first kappa shape index (κ1) is 11.8. The Labute approximate surface area is 104 Å². The SMILES string of the molecule is C=CCNc1nc(-c2ccc(F)cc2)c(C)s1. The predicted molar refractivity (Wildman–Crippen MR) is 70.9 cm³/mol. The van der Waals surface area contributed by atoms with Crippen LogP contribution in [0, 0.1) is 12.7 Å². The van der Waals surface area contributed by atoms with E-state index in [0.29, 0.717) is 6.54 Å². The largest absolute Gasteiger partial charge is 0.358 e. The first-order valence-electron chi connectivity index (χ1n) is 5.29. The van der Waals surface area contributed by atoms with Crippen LogP contribution in [0.15, 0.2) is 36.9 Å². The first-order chi connectivity index (χ1) is 8.20. The van der Waals surface area contributed by atoms with Crippen LogP contribution in [0.3, 0.4) is 0 Å². The summed E-state index contributed by atoms with van der Waals surface area (Å²) in [7, 11) is 0. The van der Waals surface area contributed by atoms with Crippen LogP contribution in [0.5, 0.6) is 0 Å². The van der Waals surface area contributed by atoms with Crippen molar-refractivity contribution >= 4 is 16.5 Å². The molecule has 0 radical (unpaired) electrons. The van der Waals surface area contributed by atoms with Crippen LogP contribution < -0.4 is 5.32 Å². The Hall–Kier alpha value is -1.68.